The zero-order valence-corrected chi connectivity index (χ0v) is 13.4. The van der Waals surface area contributed by atoms with Crippen LogP contribution >= 0.6 is 0 Å². The van der Waals surface area contributed by atoms with Gasteiger partial charge in [-0.1, -0.05) is 42.0 Å². The van der Waals surface area contributed by atoms with Crippen molar-refractivity contribution in [1.29, 1.82) is 0 Å². The van der Waals surface area contributed by atoms with Gasteiger partial charge in [0.15, 0.2) is 0 Å². The Bertz CT molecular complexity index is 528. The number of amides is 1. The lowest BCUT2D eigenvalue weighted by molar-refractivity contribution is 0.0406. The van der Waals surface area contributed by atoms with Crippen molar-refractivity contribution in [2.24, 2.45) is 0 Å². The molecule has 0 aliphatic carbocycles. The predicted octanol–water partition coefficient (Wildman–Crippen LogP) is 4.41. The summed E-state index contributed by atoms with van der Waals surface area (Å²) in [6.07, 6.45) is 6.13. The van der Waals surface area contributed by atoms with Crippen LogP contribution in [0, 0.1) is 6.92 Å². The van der Waals surface area contributed by atoms with Crippen LogP contribution in [0.4, 0.5) is 4.79 Å². The summed E-state index contributed by atoms with van der Waals surface area (Å²) in [5, 5.41) is 0. The molecule has 0 unspecified atom stereocenters. The highest BCUT2D eigenvalue weighted by Gasteiger charge is 2.40. The van der Waals surface area contributed by atoms with Crippen molar-refractivity contribution in [3.05, 3.63) is 41.5 Å². The number of hydrogen-bond acceptors (Lipinski definition) is 2. The minimum absolute atomic E-state index is 0.185. The highest BCUT2D eigenvalue weighted by atomic mass is 16.6. The molecule has 1 aliphatic rings. The Balaban J connectivity index is 1.70. The molecular formula is C18H25NO2. The van der Waals surface area contributed by atoms with Crippen molar-refractivity contribution < 1.29 is 9.53 Å². The Morgan fingerprint density at radius 1 is 1.43 bits per heavy atom. The molecule has 0 saturated carbocycles. The molecule has 21 heavy (non-hydrogen) atoms. The van der Waals surface area contributed by atoms with Crippen molar-refractivity contribution in [1.82, 2.24) is 4.90 Å². The summed E-state index contributed by atoms with van der Waals surface area (Å²) in [6, 6.07) is 8.79. The summed E-state index contributed by atoms with van der Waals surface area (Å²) >= 11 is 0. The van der Waals surface area contributed by atoms with Crippen LogP contribution in [0.25, 0.3) is 6.08 Å². The second-order valence-corrected chi connectivity index (χ2v) is 6.68. The van der Waals surface area contributed by atoms with E-state index in [0.29, 0.717) is 6.04 Å². The molecule has 0 spiro atoms. The number of hydrogen-bond donors (Lipinski definition) is 0. The largest absolute Gasteiger partial charge is 0.444 e. The van der Waals surface area contributed by atoms with Crippen LogP contribution in [0.5, 0.6) is 0 Å². The van der Waals surface area contributed by atoms with Gasteiger partial charge in [-0.2, -0.15) is 0 Å². The topological polar surface area (TPSA) is 29.3 Å². The lowest BCUT2D eigenvalue weighted by Crippen LogP contribution is -2.27. The number of nitrogens with zero attached hydrogens (tertiary/aromatic N) is 1. The second kappa shape index (κ2) is 6.33. The summed E-state index contributed by atoms with van der Waals surface area (Å²) in [5.74, 6) is 0. The third-order valence-electron chi connectivity index (χ3n) is 3.36. The molecule has 3 heteroatoms. The second-order valence-electron chi connectivity index (χ2n) is 6.68. The van der Waals surface area contributed by atoms with Gasteiger partial charge < -0.3 is 9.64 Å². The van der Waals surface area contributed by atoms with Gasteiger partial charge in [0.05, 0.1) is 6.04 Å². The third-order valence-corrected chi connectivity index (χ3v) is 3.36. The Kier molecular flexibility index (Phi) is 4.71. The van der Waals surface area contributed by atoms with Crippen LogP contribution in [0.3, 0.4) is 0 Å². The molecule has 1 aromatic rings. The normalized spacial score (nSPS) is 18.1. The molecule has 1 atom stereocenters. The zero-order chi connectivity index (χ0) is 15.5. The standard InChI is InChI=1S/C18H25NO2/c1-14-8-7-10-15(12-14)9-5-6-11-16-13-19(16)17(20)21-18(2,3)4/h5,7-10,12,16H,6,11,13H2,1-4H3/b9-5+/t16-,19?/m0/s1. The molecule has 0 bridgehead atoms. The number of carbonyl (C=O) groups excluding carboxylic acids is 1. The van der Waals surface area contributed by atoms with E-state index >= 15 is 0 Å². The van der Waals surface area contributed by atoms with E-state index in [0.717, 1.165) is 19.4 Å². The van der Waals surface area contributed by atoms with E-state index in [9.17, 15) is 4.79 Å². The van der Waals surface area contributed by atoms with Crippen LogP contribution in [0.15, 0.2) is 30.3 Å². The van der Waals surface area contributed by atoms with Crippen LogP contribution in [-0.2, 0) is 4.74 Å². The van der Waals surface area contributed by atoms with Crippen LogP contribution in [0.1, 0.15) is 44.7 Å². The van der Waals surface area contributed by atoms with Crippen LogP contribution < -0.4 is 0 Å². The molecule has 114 valence electrons. The van der Waals surface area contributed by atoms with Gasteiger partial charge in [0.2, 0.25) is 0 Å². The quantitative estimate of drug-likeness (QED) is 0.768. The van der Waals surface area contributed by atoms with Gasteiger partial charge in [-0.15, -0.1) is 0 Å². The molecular weight excluding hydrogens is 262 g/mol. The molecule has 1 saturated heterocycles. The molecule has 1 aromatic carbocycles. The van der Waals surface area contributed by atoms with Crippen molar-refractivity contribution in [3.8, 4) is 0 Å². The minimum atomic E-state index is -0.407. The van der Waals surface area contributed by atoms with Crippen molar-refractivity contribution in [2.75, 3.05) is 6.54 Å². The molecule has 1 aliphatic heterocycles. The number of ether oxygens (including phenoxy) is 1. The minimum Gasteiger partial charge on any atom is -0.444 e. The average molecular weight is 287 g/mol. The van der Waals surface area contributed by atoms with Gasteiger partial charge in [-0.3, -0.25) is 0 Å². The maximum atomic E-state index is 11.8. The number of rotatable bonds is 4. The van der Waals surface area contributed by atoms with E-state index in [4.69, 9.17) is 4.74 Å². The monoisotopic (exact) mass is 287 g/mol. The molecule has 3 nitrogen and oxygen atoms in total. The Hall–Kier alpha value is -1.77. The van der Waals surface area contributed by atoms with Gasteiger partial charge in [-0.25, -0.2) is 4.79 Å². The summed E-state index contributed by atoms with van der Waals surface area (Å²) in [5.41, 5.74) is 2.10. The fraction of sp³-hybridized carbons (Fsp3) is 0.500. The van der Waals surface area contributed by atoms with E-state index in [2.05, 4.69) is 43.3 Å². The van der Waals surface area contributed by atoms with E-state index in [-0.39, 0.29) is 6.09 Å². The fourth-order valence-corrected chi connectivity index (χ4v) is 2.25. The lowest BCUT2D eigenvalue weighted by Gasteiger charge is -2.19. The Morgan fingerprint density at radius 3 is 2.86 bits per heavy atom. The number of benzene rings is 1. The first-order chi connectivity index (χ1) is 9.85. The van der Waals surface area contributed by atoms with Gasteiger partial charge in [-0.05, 0) is 46.1 Å². The van der Waals surface area contributed by atoms with E-state index in [1.807, 2.05) is 20.8 Å². The van der Waals surface area contributed by atoms with E-state index < -0.39 is 5.60 Å². The molecule has 1 heterocycles. The van der Waals surface area contributed by atoms with Gasteiger partial charge >= 0.3 is 6.09 Å². The first-order valence-electron chi connectivity index (χ1n) is 7.58. The van der Waals surface area contributed by atoms with Gasteiger partial charge in [0.1, 0.15) is 5.60 Å². The molecule has 2 rings (SSSR count). The SMILES string of the molecule is Cc1cccc(/C=C/CC[C@H]2CN2C(=O)OC(C)(C)C)c1. The van der Waals surface area contributed by atoms with E-state index in [1.165, 1.54) is 11.1 Å². The average Bonchev–Trinajstić information content (AvgIpc) is 3.12. The molecule has 1 amide bonds. The van der Waals surface area contributed by atoms with Crippen LogP contribution in [0.2, 0.25) is 0 Å². The Morgan fingerprint density at radius 2 is 2.19 bits per heavy atom. The van der Waals surface area contributed by atoms with Crippen molar-refractivity contribution >= 4 is 12.2 Å². The number of aryl methyl sites for hydroxylation is 1. The fourth-order valence-electron chi connectivity index (χ4n) is 2.25. The van der Waals surface area contributed by atoms with Crippen molar-refractivity contribution in [2.45, 2.75) is 52.2 Å². The predicted molar refractivity (Wildman–Crippen MR) is 86.2 cm³/mol. The van der Waals surface area contributed by atoms with E-state index in [1.54, 1.807) is 4.90 Å². The van der Waals surface area contributed by atoms with Crippen molar-refractivity contribution in [3.63, 3.8) is 0 Å². The summed E-state index contributed by atoms with van der Waals surface area (Å²) < 4.78 is 5.35. The van der Waals surface area contributed by atoms with Gasteiger partial charge in [0, 0.05) is 6.54 Å². The van der Waals surface area contributed by atoms with Gasteiger partial charge in [0.25, 0.3) is 0 Å². The zero-order valence-electron chi connectivity index (χ0n) is 13.4. The molecule has 1 fully saturated rings. The lowest BCUT2D eigenvalue weighted by atomic mass is 10.1. The highest BCUT2D eigenvalue weighted by Crippen LogP contribution is 2.25. The number of allylic oxidation sites excluding steroid dienone is 1. The van der Waals surface area contributed by atoms with Crippen LogP contribution in [-0.4, -0.2) is 29.2 Å². The number of carbonyl (C=O) groups is 1. The highest BCUT2D eigenvalue weighted by molar-refractivity contribution is 5.71. The first kappa shape index (κ1) is 15.6. The maximum absolute atomic E-state index is 11.8. The summed E-state index contributed by atoms with van der Waals surface area (Å²) in [7, 11) is 0. The third kappa shape index (κ3) is 5.25. The molecule has 0 N–H and O–H groups in total. The first-order valence-corrected chi connectivity index (χ1v) is 7.58. The smallest absolute Gasteiger partial charge is 0.410 e. The summed E-state index contributed by atoms with van der Waals surface area (Å²) in [4.78, 5) is 13.6. The summed E-state index contributed by atoms with van der Waals surface area (Å²) in [6.45, 7) is 8.61. The maximum Gasteiger partial charge on any atom is 0.410 e. The molecule has 0 radical (unpaired) electrons. The molecule has 0 aromatic heterocycles. The Labute approximate surface area is 127 Å².